The van der Waals surface area contributed by atoms with E-state index >= 15 is 0 Å². The lowest BCUT2D eigenvalue weighted by Gasteiger charge is -2.14. The lowest BCUT2D eigenvalue weighted by atomic mass is 10.1. The largest absolute Gasteiger partial charge is 0.490 e. The molecule has 0 aliphatic carbocycles. The number of ether oxygens (including phenoxy) is 2. The highest BCUT2D eigenvalue weighted by Gasteiger charge is 2.13. The summed E-state index contributed by atoms with van der Waals surface area (Å²) in [4.78, 5) is 19.7. The van der Waals surface area contributed by atoms with Gasteiger partial charge in [-0.2, -0.15) is 0 Å². The van der Waals surface area contributed by atoms with Crippen LogP contribution in [0.1, 0.15) is 12.5 Å². The molecule has 3 aromatic carbocycles. The van der Waals surface area contributed by atoms with Crippen LogP contribution in [0.15, 0.2) is 65.5 Å². The van der Waals surface area contributed by atoms with Crippen molar-refractivity contribution >= 4 is 22.5 Å². The van der Waals surface area contributed by atoms with Crippen molar-refractivity contribution in [2.45, 2.75) is 13.5 Å². The Bertz CT molecular complexity index is 1250. The van der Waals surface area contributed by atoms with Crippen molar-refractivity contribution in [3.05, 3.63) is 87.4 Å². The fraction of sp³-hybridized carbons (Fsp3) is 0.130. The Morgan fingerprint density at radius 2 is 1.87 bits per heavy atom. The van der Waals surface area contributed by atoms with Crippen LogP contribution in [-0.4, -0.2) is 16.6 Å². The first-order valence-electron chi connectivity index (χ1n) is 9.38. The lowest BCUT2D eigenvalue weighted by molar-refractivity contribution is 0.266. The van der Waals surface area contributed by atoms with E-state index in [2.05, 4.69) is 9.97 Å². The van der Waals surface area contributed by atoms with E-state index in [9.17, 15) is 9.18 Å². The third-order valence-corrected chi connectivity index (χ3v) is 4.92. The maximum atomic E-state index is 14.0. The summed E-state index contributed by atoms with van der Waals surface area (Å²) >= 11 is 6.07. The summed E-state index contributed by atoms with van der Waals surface area (Å²) in [7, 11) is 0. The fourth-order valence-electron chi connectivity index (χ4n) is 3.09. The zero-order chi connectivity index (χ0) is 21.1. The van der Waals surface area contributed by atoms with Crippen LogP contribution < -0.4 is 15.0 Å². The Morgan fingerprint density at radius 3 is 2.67 bits per heavy atom. The van der Waals surface area contributed by atoms with Crippen LogP contribution in [-0.2, 0) is 6.61 Å². The monoisotopic (exact) mass is 424 g/mol. The number of H-pyrrole nitrogens is 1. The SMILES string of the molecule is CCOc1cc(-c2nc3ccccc3c(=O)[nH]2)ccc1OCc1c(F)cccc1Cl. The average Bonchev–Trinajstić information content (AvgIpc) is 2.74. The molecule has 0 unspecified atom stereocenters. The molecule has 1 heterocycles. The number of aromatic amines is 1. The van der Waals surface area contributed by atoms with Crippen molar-refractivity contribution in [3.63, 3.8) is 0 Å². The van der Waals surface area contributed by atoms with Gasteiger partial charge in [0.05, 0.1) is 22.5 Å². The van der Waals surface area contributed by atoms with Crippen molar-refractivity contribution in [1.29, 1.82) is 0 Å². The van der Waals surface area contributed by atoms with Crippen LogP contribution in [0, 0.1) is 5.82 Å². The van der Waals surface area contributed by atoms with Crippen molar-refractivity contribution in [2.75, 3.05) is 6.61 Å². The second-order valence-electron chi connectivity index (χ2n) is 6.52. The van der Waals surface area contributed by atoms with Crippen molar-refractivity contribution in [3.8, 4) is 22.9 Å². The molecule has 0 aliphatic heterocycles. The third kappa shape index (κ3) is 4.00. The molecule has 0 fully saturated rings. The molecule has 1 aromatic heterocycles. The summed E-state index contributed by atoms with van der Waals surface area (Å²) < 4.78 is 25.5. The molecule has 30 heavy (non-hydrogen) atoms. The van der Waals surface area contributed by atoms with Gasteiger partial charge in [0.2, 0.25) is 0 Å². The van der Waals surface area contributed by atoms with Gasteiger partial charge in [0.15, 0.2) is 11.5 Å². The predicted molar refractivity (Wildman–Crippen MR) is 115 cm³/mol. The molecular formula is C23H18ClFN2O3. The van der Waals surface area contributed by atoms with Gasteiger partial charge in [0.1, 0.15) is 18.2 Å². The number of nitrogens with one attached hydrogen (secondary N) is 1. The minimum Gasteiger partial charge on any atom is -0.490 e. The van der Waals surface area contributed by atoms with Gasteiger partial charge in [0, 0.05) is 11.1 Å². The first-order valence-corrected chi connectivity index (χ1v) is 9.76. The molecule has 0 atom stereocenters. The van der Waals surface area contributed by atoms with Gasteiger partial charge >= 0.3 is 0 Å². The Balaban J connectivity index is 1.68. The lowest BCUT2D eigenvalue weighted by Crippen LogP contribution is -2.09. The van der Waals surface area contributed by atoms with Crippen LogP contribution >= 0.6 is 11.6 Å². The Kier molecular flexibility index (Phi) is 5.68. The van der Waals surface area contributed by atoms with E-state index in [1.807, 2.05) is 13.0 Å². The smallest absolute Gasteiger partial charge is 0.259 e. The summed E-state index contributed by atoms with van der Waals surface area (Å²) in [5, 5.41) is 0.815. The van der Waals surface area contributed by atoms with Crippen molar-refractivity contribution < 1.29 is 13.9 Å². The van der Waals surface area contributed by atoms with E-state index in [1.165, 1.54) is 6.07 Å². The summed E-state index contributed by atoms with van der Waals surface area (Å²) in [6, 6.07) is 16.8. The van der Waals surface area contributed by atoms with E-state index in [0.717, 1.165) is 0 Å². The topological polar surface area (TPSA) is 64.2 Å². The number of hydrogen-bond donors (Lipinski definition) is 1. The van der Waals surface area contributed by atoms with Gasteiger partial charge in [-0.3, -0.25) is 4.79 Å². The maximum Gasteiger partial charge on any atom is 0.259 e. The average molecular weight is 425 g/mol. The van der Waals surface area contributed by atoms with Crippen LogP contribution in [0.2, 0.25) is 5.02 Å². The zero-order valence-corrected chi connectivity index (χ0v) is 16.9. The van der Waals surface area contributed by atoms with E-state index in [0.29, 0.717) is 45.4 Å². The number of aromatic nitrogens is 2. The highest BCUT2D eigenvalue weighted by molar-refractivity contribution is 6.31. The molecule has 1 N–H and O–H groups in total. The third-order valence-electron chi connectivity index (χ3n) is 4.56. The Hall–Kier alpha value is -3.38. The summed E-state index contributed by atoms with van der Waals surface area (Å²) in [6.45, 7) is 2.21. The molecule has 0 saturated heterocycles. The molecule has 0 bridgehead atoms. The number of para-hydroxylation sites is 1. The van der Waals surface area contributed by atoms with E-state index in [1.54, 1.807) is 48.5 Å². The molecule has 5 nitrogen and oxygen atoms in total. The van der Waals surface area contributed by atoms with Crippen LogP contribution in [0.5, 0.6) is 11.5 Å². The molecule has 0 radical (unpaired) electrons. The second-order valence-corrected chi connectivity index (χ2v) is 6.92. The molecule has 0 spiro atoms. The van der Waals surface area contributed by atoms with Gasteiger partial charge in [0.25, 0.3) is 5.56 Å². The fourth-order valence-corrected chi connectivity index (χ4v) is 3.30. The van der Waals surface area contributed by atoms with Gasteiger partial charge < -0.3 is 14.5 Å². The first-order chi connectivity index (χ1) is 14.6. The van der Waals surface area contributed by atoms with Crippen LogP contribution in [0.4, 0.5) is 4.39 Å². The first kappa shape index (κ1) is 19.9. The second kappa shape index (κ2) is 8.55. The zero-order valence-electron chi connectivity index (χ0n) is 16.1. The Labute approximate surface area is 177 Å². The number of halogens is 2. The minimum absolute atomic E-state index is 0.0456. The molecule has 7 heteroatoms. The molecule has 0 saturated carbocycles. The van der Waals surface area contributed by atoms with E-state index < -0.39 is 5.82 Å². The summed E-state index contributed by atoms with van der Waals surface area (Å²) in [6.07, 6.45) is 0. The summed E-state index contributed by atoms with van der Waals surface area (Å²) in [5.41, 5.74) is 1.32. The number of rotatable bonds is 6. The Morgan fingerprint density at radius 1 is 1.03 bits per heavy atom. The maximum absolute atomic E-state index is 14.0. The molecule has 4 aromatic rings. The quantitative estimate of drug-likeness (QED) is 0.452. The van der Waals surface area contributed by atoms with E-state index in [-0.39, 0.29) is 17.7 Å². The van der Waals surface area contributed by atoms with Gasteiger partial charge in [-0.1, -0.05) is 29.8 Å². The normalized spacial score (nSPS) is 10.9. The summed E-state index contributed by atoms with van der Waals surface area (Å²) in [5.74, 6) is 0.875. The number of fused-ring (bicyclic) bond motifs is 1. The molecule has 0 aliphatic rings. The molecule has 152 valence electrons. The minimum atomic E-state index is -0.435. The molecule has 0 amide bonds. The van der Waals surface area contributed by atoms with Crippen LogP contribution in [0.3, 0.4) is 0 Å². The van der Waals surface area contributed by atoms with Gasteiger partial charge in [-0.05, 0) is 49.4 Å². The number of benzene rings is 3. The molecular weight excluding hydrogens is 407 g/mol. The highest BCUT2D eigenvalue weighted by Crippen LogP contribution is 2.33. The van der Waals surface area contributed by atoms with Gasteiger partial charge in [-0.15, -0.1) is 0 Å². The van der Waals surface area contributed by atoms with Crippen molar-refractivity contribution in [2.24, 2.45) is 0 Å². The van der Waals surface area contributed by atoms with Crippen molar-refractivity contribution in [1.82, 2.24) is 9.97 Å². The van der Waals surface area contributed by atoms with E-state index in [4.69, 9.17) is 21.1 Å². The molecule has 4 rings (SSSR count). The highest BCUT2D eigenvalue weighted by atomic mass is 35.5. The number of hydrogen-bond acceptors (Lipinski definition) is 4. The number of nitrogens with zero attached hydrogens (tertiary/aromatic N) is 1. The standard InChI is InChI=1S/C23H18ClFN2O3/c1-2-29-21-12-14(22-26-19-9-4-3-6-15(19)23(28)27-22)10-11-20(21)30-13-16-17(24)7-5-8-18(16)25/h3-12H,2,13H2,1H3,(H,26,27,28). The predicted octanol–water partition coefficient (Wildman–Crippen LogP) is 5.36. The van der Waals surface area contributed by atoms with Gasteiger partial charge in [-0.25, -0.2) is 9.37 Å². The van der Waals surface area contributed by atoms with Crippen LogP contribution in [0.25, 0.3) is 22.3 Å².